The number of hydrogen-bond acceptors (Lipinski definition) is 2. The Kier molecular flexibility index (Phi) is 9.29. The molecule has 130 valence electrons. The molecular weight excluding hydrogens is 432 g/mol. The van der Waals surface area contributed by atoms with Gasteiger partial charge in [0.05, 0.1) is 13.2 Å². The van der Waals surface area contributed by atoms with Crippen LogP contribution in [0.3, 0.4) is 0 Å². The minimum absolute atomic E-state index is 0.800. The van der Waals surface area contributed by atoms with Crippen LogP contribution in [0.2, 0.25) is 0 Å². The summed E-state index contributed by atoms with van der Waals surface area (Å²) in [6, 6.07) is 16.0. The molecule has 24 heavy (non-hydrogen) atoms. The van der Waals surface area contributed by atoms with Crippen LogP contribution in [-0.4, -0.2) is 13.2 Å². The van der Waals surface area contributed by atoms with Gasteiger partial charge in [-0.3, -0.25) is 0 Å². The Morgan fingerprint density at radius 1 is 0.500 bits per heavy atom. The summed E-state index contributed by atoms with van der Waals surface area (Å²) in [6.07, 6.45) is 7.22. The zero-order valence-corrected chi connectivity index (χ0v) is 17.0. The van der Waals surface area contributed by atoms with Crippen LogP contribution in [0.1, 0.15) is 38.5 Å². The van der Waals surface area contributed by atoms with Crippen LogP contribution in [-0.2, 0) is 0 Å². The summed E-state index contributed by atoms with van der Waals surface area (Å²) in [7, 11) is 0. The van der Waals surface area contributed by atoms with E-state index >= 15 is 0 Å². The van der Waals surface area contributed by atoms with E-state index in [4.69, 9.17) is 9.47 Å². The molecule has 0 amide bonds. The Morgan fingerprint density at radius 2 is 0.833 bits per heavy atom. The van der Waals surface area contributed by atoms with E-state index in [1.54, 1.807) is 0 Å². The predicted octanol–water partition coefficient (Wildman–Crippen LogP) is 7.01. The van der Waals surface area contributed by atoms with Crippen molar-refractivity contribution in [2.45, 2.75) is 38.5 Å². The molecule has 0 radical (unpaired) electrons. The molecule has 4 heteroatoms. The molecule has 2 rings (SSSR count). The van der Waals surface area contributed by atoms with Crippen LogP contribution in [0.15, 0.2) is 57.5 Å². The first-order chi connectivity index (χ1) is 11.7. The van der Waals surface area contributed by atoms with Crippen molar-refractivity contribution < 1.29 is 9.47 Å². The van der Waals surface area contributed by atoms with Gasteiger partial charge in [0.2, 0.25) is 0 Å². The van der Waals surface area contributed by atoms with E-state index in [2.05, 4.69) is 31.9 Å². The van der Waals surface area contributed by atoms with Crippen LogP contribution in [0.4, 0.5) is 0 Å². The molecule has 0 aliphatic heterocycles. The first-order valence-electron chi connectivity index (χ1n) is 8.51. The molecule has 0 saturated carbocycles. The molecule has 0 spiro atoms. The molecule has 0 aromatic heterocycles. The summed E-state index contributed by atoms with van der Waals surface area (Å²) in [6.45, 7) is 1.60. The first-order valence-corrected chi connectivity index (χ1v) is 10.1. The van der Waals surface area contributed by atoms with E-state index in [-0.39, 0.29) is 0 Å². The third-order valence-corrected chi connectivity index (χ3v) is 4.76. The molecule has 0 aliphatic rings. The lowest BCUT2D eigenvalue weighted by Gasteiger charge is -2.07. The summed E-state index contributed by atoms with van der Waals surface area (Å²) in [5, 5.41) is 0. The molecule has 0 unspecified atom stereocenters. The predicted molar refractivity (Wildman–Crippen MR) is 107 cm³/mol. The van der Waals surface area contributed by atoms with Crippen molar-refractivity contribution in [2.75, 3.05) is 13.2 Å². The standard InChI is InChI=1S/C20H24Br2O2/c21-17-7-11-19(12-8-17)23-15-5-3-1-2-4-6-16-24-20-13-9-18(22)10-14-20/h7-14H,1-6,15-16H2. The fourth-order valence-corrected chi connectivity index (χ4v) is 2.88. The molecule has 0 fully saturated rings. The van der Waals surface area contributed by atoms with Gasteiger partial charge in [-0.2, -0.15) is 0 Å². The highest BCUT2D eigenvalue weighted by Gasteiger charge is 1.96. The molecule has 0 saturated heterocycles. The van der Waals surface area contributed by atoms with Gasteiger partial charge in [0.25, 0.3) is 0 Å². The normalized spacial score (nSPS) is 10.6. The smallest absolute Gasteiger partial charge is 0.119 e. The summed E-state index contributed by atoms with van der Waals surface area (Å²) in [5.41, 5.74) is 0. The minimum Gasteiger partial charge on any atom is -0.494 e. The van der Waals surface area contributed by atoms with Gasteiger partial charge in [0.15, 0.2) is 0 Å². The van der Waals surface area contributed by atoms with Crippen molar-refractivity contribution in [1.29, 1.82) is 0 Å². The first kappa shape index (κ1) is 19.3. The lowest BCUT2D eigenvalue weighted by atomic mass is 10.1. The average molecular weight is 456 g/mol. The molecule has 0 bridgehead atoms. The number of rotatable bonds is 11. The maximum atomic E-state index is 5.72. The Morgan fingerprint density at radius 3 is 1.21 bits per heavy atom. The van der Waals surface area contributed by atoms with E-state index in [0.29, 0.717) is 0 Å². The zero-order chi connectivity index (χ0) is 17.0. The topological polar surface area (TPSA) is 18.5 Å². The van der Waals surface area contributed by atoms with Gasteiger partial charge in [-0.15, -0.1) is 0 Å². The second-order valence-electron chi connectivity index (χ2n) is 5.73. The maximum absolute atomic E-state index is 5.72. The van der Waals surface area contributed by atoms with Gasteiger partial charge in [0.1, 0.15) is 11.5 Å². The van der Waals surface area contributed by atoms with Gasteiger partial charge in [-0.1, -0.05) is 57.5 Å². The van der Waals surface area contributed by atoms with Crippen molar-refractivity contribution in [2.24, 2.45) is 0 Å². The number of halogens is 2. The highest BCUT2D eigenvalue weighted by molar-refractivity contribution is 9.10. The Balaban J connectivity index is 1.40. The van der Waals surface area contributed by atoms with Crippen molar-refractivity contribution in [3.05, 3.63) is 57.5 Å². The fraction of sp³-hybridized carbons (Fsp3) is 0.400. The molecule has 2 aromatic rings. The monoisotopic (exact) mass is 454 g/mol. The average Bonchev–Trinajstić information content (AvgIpc) is 2.60. The number of hydrogen-bond donors (Lipinski definition) is 0. The second-order valence-corrected chi connectivity index (χ2v) is 7.56. The van der Waals surface area contributed by atoms with E-state index in [1.165, 1.54) is 25.7 Å². The van der Waals surface area contributed by atoms with E-state index < -0.39 is 0 Å². The maximum Gasteiger partial charge on any atom is 0.119 e. The Hall–Kier alpha value is -1.00. The fourth-order valence-electron chi connectivity index (χ4n) is 2.35. The van der Waals surface area contributed by atoms with Crippen LogP contribution >= 0.6 is 31.9 Å². The minimum atomic E-state index is 0.800. The SMILES string of the molecule is Brc1ccc(OCCCCCCCCOc2ccc(Br)cc2)cc1. The highest BCUT2D eigenvalue weighted by Crippen LogP contribution is 2.17. The molecule has 2 nitrogen and oxygen atoms in total. The van der Waals surface area contributed by atoms with Crippen molar-refractivity contribution >= 4 is 31.9 Å². The van der Waals surface area contributed by atoms with Crippen LogP contribution in [0.25, 0.3) is 0 Å². The summed E-state index contributed by atoms with van der Waals surface area (Å²) in [5.74, 6) is 1.89. The van der Waals surface area contributed by atoms with Gasteiger partial charge in [0, 0.05) is 8.95 Å². The third-order valence-electron chi connectivity index (χ3n) is 3.70. The Labute approximate surface area is 161 Å². The number of ether oxygens (including phenoxy) is 2. The van der Waals surface area contributed by atoms with Gasteiger partial charge in [-0.25, -0.2) is 0 Å². The molecule has 0 heterocycles. The Bertz CT molecular complexity index is 514. The van der Waals surface area contributed by atoms with Crippen molar-refractivity contribution in [3.8, 4) is 11.5 Å². The third kappa shape index (κ3) is 8.20. The molecule has 0 N–H and O–H groups in total. The molecule has 2 aromatic carbocycles. The summed E-state index contributed by atoms with van der Waals surface area (Å²) >= 11 is 6.85. The summed E-state index contributed by atoms with van der Waals surface area (Å²) < 4.78 is 13.6. The number of unbranched alkanes of at least 4 members (excludes halogenated alkanes) is 5. The van der Waals surface area contributed by atoms with E-state index in [0.717, 1.165) is 46.5 Å². The van der Waals surface area contributed by atoms with E-state index in [9.17, 15) is 0 Å². The van der Waals surface area contributed by atoms with Crippen LogP contribution < -0.4 is 9.47 Å². The van der Waals surface area contributed by atoms with Gasteiger partial charge < -0.3 is 9.47 Å². The quantitative estimate of drug-likeness (QED) is 0.339. The molecular formula is C20H24Br2O2. The summed E-state index contributed by atoms with van der Waals surface area (Å²) in [4.78, 5) is 0. The number of benzene rings is 2. The van der Waals surface area contributed by atoms with Crippen molar-refractivity contribution in [1.82, 2.24) is 0 Å². The highest BCUT2D eigenvalue weighted by atomic mass is 79.9. The zero-order valence-electron chi connectivity index (χ0n) is 13.8. The van der Waals surface area contributed by atoms with Crippen LogP contribution in [0.5, 0.6) is 11.5 Å². The van der Waals surface area contributed by atoms with E-state index in [1.807, 2.05) is 48.5 Å². The largest absolute Gasteiger partial charge is 0.494 e. The molecule has 0 aliphatic carbocycles. The lowest BCUT2D eigenvalue weighted by molar-refractivity contribution is 0.297. The van der Waals surface area contributed by atoms with Crippen LogP contribution in [0, 0.1) is 0 Å². The lowest BCUT2D eigenvalue weighted by Crippen LogP contribution is -1.98. The van der Waals surface area contributed by atoms with Gasteiger partial charge in [-0.05, 0) is 61.4 Å². The molecule has 0 atom stereocenters. The van der Waals surface area contributed by atoms with Crippen molar-refractivity contribution in [3.63, 3.8) is 0 Å². The van der Waals surface area contributed by atoms with Gasteiger partial charge >= 0.3 is 0 Å². The second kappa shape index (κ2) is 11.5.